The van der Waals surface area contributed by atoms with Gasteiger partial charge in [0, 0.05) is 23.6 Å². The molecule has 0 fully saturated rings. The van der Waals surface area contributed by atoms with Crippen molar-refractivity contribution in [3.8, 4) is 17.6 Å². The second-order valence-corrected chi connectivity index (χ2v) is 4.28. The quantitative estimate of drug-likeness (QED) is 0.666. The maximum absolute atomic E-state index is 11.3. The number of hydrogen-bond donors (Lipinski definition) is 1. The zero-order chi connectivity index (χ0) is 15.1. The number of methoxy groups -OCH3 is 1. The first-order valence-electron chi connectivity index (χ1n) is 5.75. The van der Waals surface area contributed by atoms with Gasteiger partial charge in [0.2, 0.25) is 5.91 Å². The smallest absolute Gasteiger partial charge is 0.239 e. The van der Waals surface area contributed by atoms with Crippen molar-refractivity contribution in [1.82, 2.24) is 5.01 Å². The molecule has 0 radical (unpaired) electrons. The molecule has 1 N–H and O–H groups in total. The summed E-state index contributed by atoms with van der Waals surface area (Å²) in [7, 11) is 1.40. The van der Waals surface area contributed by atoms with Gasteiger partial charge in [-0.15, -0.1) is 0 Å². The van der Waals surface area contributed by atoms with E-state index in [1.165, 1.54) is 32.4 Å². The van der Waals surface area contributed by atoms with E-state index in [1.807, 2.05) is 6.07 Å². The van der Waals surface area contributed by atoms with Crippen LogP contribution in [0.5, 0.6) is 11.5 Å². The van der Waals surface area contributed by atoms with Gasteiger partial charge in [0.15, 0.2) is 11.5 Å². The summed E-state index contributed by atoms with van der Waals surface area (Å²) in [5, 5.41) is 23.9. The Bertz CT molecular complexity index is 567. The number of nitrogens with zero attached hydrogens (tertiary/aromatic N) is 3. The van der Waals surface area contributed by atoms with E-state index in [0.717, 1.165) is 5.01 Å². The molecule has 7 heteroatoms. The molecule has 0 aromatic heterocycles. The van der Waals surface area contributed by atoms with Gasteiger partial charge in [-0.25, -0.2) is 5.01 Å². The molecule has 6 nitrogen and oxygen atoms in total. The molecule has 0 saturated heterocycles. The maximum Gasteiger partial charge on any atom is 0.239 e. The predicted octanol–water partition coefficient (Wildman–Crippen LogP) is 2.15. The summed E-state index contributed by atoms with van der Waals surface area (Å²) in [6, 6.07) is 4.89. The summed E-state index contributed by atoms with van der Waals surface area (Å²) in [6.45, 7) is 1.52. The minimum Gasteiger partial charge on any atom is -0.504 e. The minimum absolute atomic E-state index is 0.121. The average Bonchev–Trinajstić information content (AvgIpc) is 2.41. The van der Waals surface area contributed by atoms with Crippen LogP contribution < -0.4 is 4.74 Å². The number of rotatable bonds is 5. The number of benzene rings is 1. The first-order chi connectivity index (χ1) is 9.49. The van der Waals surface area contributed by atoms with Crippen molar-refractivity contribution in [2.24, 2.45) is 5.10 Å². The maximum atomic E-state index is 11.3. The Morgan fingerprint density at radius 1 is 1.65 bits per heavy atom. The van der Waals surface area contributed by atoms with Gasteiger partial charge < -0.3 is 9.84 Å². The van der Waals surface area contributed by atoms with E-state index < -0.39 is 0 Å². The number of phenolic OH excluding ortho intramolecular Hbond substituents is 1. The van der Waals surface area contributed by atoms with E-state index in [1.54, 1.807) is 0 Å². The van der Waals surface area contributed by atoms with Crippen molar-refractivity contribution in [1.29, 1.82) is 5.26 Å². The normalized spacial score (nSPS) is 10.3. The molecule has 106 valence electrons. The molecule has 0 spiro atoms. The molecule has 1 aromatic rings. The molecular formula is C13H14ClN3O3. The fraction of sp³-hybridized carbons (Fsp3) is 0.308. The summed E-state index contributed by atoms with van der Waals surface area (Å²) in [4.78, 5) is 11.3. The summed E-state index contributed by atoms with van der Waals surface area (Å²) in [5.41, 5.74) is 0.317. The number of ether oxygens (including phenoxy) is 1. The van der Waals surface area contributed by atoms with Crippen LogP contribution in [0.4, 0.5) is 0 Å². The number of carbonyl (C=O) groups is 1. The van der Waals surface area contributed by atoms with Crippen molar-refractivity contribution < 1.29 is 14.6 Å². The second-order valence-electron chi connectivity index (χ2n) is 3.84. The Morgan fingerprint density at radius 3 is 2.90 bits per heavy atom. The number of halogens is 1. The highest BCUT2D eigenvalue weighted by Gasteiger charge is 2.10. The molecule has 1 rings (SSSR count). The van der Waals surface area contributed by atoms with Gasteiger partial charge in [-0.3, -0.25) is 4.79 Å². The monoisotopic (exact) mass is 295 g/mol. The highest BCUT2D eigenvalue weighted by molar-refractivity contribution is 6.31. The second kappa shape index (κ2) is 7.36. The van der Waals surface area contributed by atoms with Crippen LogP contribution in [-0.2, 0) is 4.79 Å². The van der Waals surface area contributed by atoms with Gasteiger partial charge in [-0.05, 0) is 6.07 Å². The first kappa shape index (κ1) is 15.8. The molecule has 0 aliphatic heterocycles. The molecule has 1 amide bonds. The van der Waals surface area contributed by atoms with E-state index in [4.69, 9.17) is 21.6 Å². The number of aromatic hydroxyl groups is 1. The summed E-state index contributed by atoms with van der Waals surface area (Å²) >= 11 is 5.89. The lowest BCUT2D eigenvalue weighted by Crippen LogP contribution is -2.24. The zero-order valence-corrected chi connectivity index (χ0v) is 11.9. The Labute approximate surface area is 121 Å². The molecule has 0 aliphatic rings. The van der Waals surface area contributed by atoms with Gasteiger partial charge in [0.25, 0.3) is 0 Å². The van der Waals surface area contributed by atoms with Crippen LogP contribution in [-0.4, -0.2) is 35.9 Å². The largest absolute Gasteiger partial charge is 0.504 e. The fourth-order valence-electron chi connectivity index (χ4n) is 1.43. The molecular weight excluding hydrogens is 282 g/mol. The van der Waals surface area contributed by atoms with E-state index in [-0.39, 0.29) is 30.4 Å². The lowest BCUT2D eigenvalue weighted by Gasteiger charge is -2.13. The molecule has 0 bridgehead atoms. The van der Waals surface area contributed by atoms with Gasteiger partial charge >= 0.3 is 0 Å². The van der Waals surface area contributed by atoms with Crippen LogP contribution >= 0.6 is 11.6 Å². The SMILES string of the molecule is COc1cc(Cl)cc(/C=N/N(CCC#N)C(C)=O)c1O. The number of hydrogen-bond acceptors (Lipinski definition) is 5. The molecule has 0 saturated carbocycles. The van der Waals surface area contributed by atoms with Crippen molar-refractivity contribution in [3.05, 3.63) is 22.7 Å². The Hall–Kier alpha value is -2.26. The predicted molar refractivity (Wildman–Crippen MR) is 74.9 cm³/mol. The van der Waals surface area contributed by atoms with E-state index in [0.29, 0.717) is 10.6 Å². The topological polar surface area (TPSA) is 85.9 Å². The molecule has 0 unspecified atom stereocenters. The third-order valence-electron chi connectivity index (χ3n) is 2.42. The van der Waals surface area contributed by atoms with Crippen molar-refractivity contribution >= 4 is 23.7 Å². The highest BCUT2D eigenvalue weighted by atomic mass is 35.5. The average molecular weight is 296 g/mol. The van der Waals surface area contributed by atoms with Gasteiger partial charge in [0.05, 0.1) is 32.4 Å². The number of amides is 1. The Morgan fingerprint density at radius 2 is 2.35 bits per heavy atom. The van der Waals surface area contributed by atoms with E-state index in [2.05, 4.69) is 5.10 Å². The number of phenols is 1. The highest BCUT2D eigenvalue weighted by Crippen LogP contribution is 2.32. The fourth-order valence-corrected chi connectivity index (χ4v) is 1.65. The third-order valence-corrected chi connectivity index (χ3v) is 2.64. The van der Waals surface area contributed by atoms with Crippen LogP contribution in [0.15, 0.2) is 17.2 Å². The Kier molecular flexibility index (Phi) is 5.81. The first-order valence-corrected chi connectivity index (χ1v) is 6.13. The third kappa shape index (κ3) is 4.14. The van der Waals surface area contributed by atoms with E-state index >= 15 is 0 Å². The molecule has 1 aromatic carbocycles. The number of nitriles is 1. The van der Waals surface area contributed by atoms with Crippen molar-refractivity contribution in [2.45, 2.75) is 13.3 Å². The number of carbonyl (C=O) groups excluding carboxylic acids is 1. The molecule has 20 heavy (non-hydrogen) atoms. The van der Waals surface area contributed by atoms with Gasteiger partial charge in [0.1, 0.15) is 0 Å². The van der Waals surface area contributed by atoms with Gasteiger partial charge in [-0.2, -0.15) is 10.4 Å². The van der Waals surface area contributed by atoms with Crippen LogP contribution in [0.2, 0.25) is 5.02 Å². The summed E-state index contributed by atoms with van der Waals surface area (Å²) in [6.07, 6.45) is 1.46. The Balaban J connectivity index is 3.01. The summed E-state index contributed by atoms with van der Waals surface area (Å²) < 4.78 is 4.97. The summed E-state index contributed by atoms with van der Waals surface area (Å²) in [5.74, 6) is -0.209. The molecule has 0 aliphatic carbocycles. The number of hydrazone groups is 1. The lowest BCUT2D eigenvalue weighted by molar-refractivity contribution is -0.128. The van der Waals surface area contributed by atoms with Crippen LogP contribution in [0, 0.1) is 11.3 Å². The van der Waals surface area contributed by atoms with Crippen LogP contribution in [0.25, 0.3) is 0 Å². The van der Waals surface area contributed by atoms with Crippen LogP contribution in [0.3, 0.4) is 0 Å². The molecule has 0 atom stereocenters. The van der Waals surface area contributed by atoms with Crippen molar-refractivity contribution in [3.63, 3.8) is 0 Å². The van der Waals surface area contributed by atoms with Crippen LogP contribution in [0.1, 0.15) is 18.9 Å². The van der Waals surface area contributed by atoms with Gasteiger partial charge in [-0.1, -0.05) is 11.6 Å². The standard InChI is InChI=1S/C13H14ClN3O3/c1-9(18)17(5-3-4-15)16-8-10-6-11(14)7-12(20-2)13(10)19/h6-8,19H,3,5H2,1-2H3/b16-8+. The zero-order valence-electron chi connectivity index (χ0n) is 11.1. The minimum atomic E-state index is -0.301. The lowest BCUT2D eigenvalue weighted by atomic mass is 10.2. The van der Waals surface area contributed by atoms with E-state index in [9.17, 15) is 9.90 Å². The van der Waals surface area contributed by atoms with Crippen molar-refractivity contribution in [2.75, 3.05) is 13.7 Å². The molecule has 0 heterocycles.